The van der Waals surface area contributed by atoms with Gasteiger partial charge >= 0.3 is 0 Å². The number of piperidine rings is 1. The van der Waals surface area contributed by atoms with Gasteiger partial charge in [-0.05, 0) is 32.0 Å². The Labute approximate surface area is 132 Å². The summed E-state index contributed by atoms with van der Waals surface area (Å²) < 4.78 is 17.8. The average Bonchev–Trinajstić information content (AvgIpc) is 2.66. The number of ether oxygens (including phenoxy) is 2. The van der Waals surface area contributed by atoms with E-state index in [9.17, 15) is 9.90 Å². The molecule has 7 nitrogen and oxygen atoms in total. The van der Waals surface area contributed by atoms with Crippen molar-refractivity contribution in [2.45, 2.75) is 83.1 Å². The number of carbonyl (C=O) groups is 1. The first-order valence-electron chi connectivity index (χ1n) is 7.56. The molecule has 2 rings (SSSR count). The number of hydrogen-bond acceptors (Lipinski definition) is 6. The van der Waals surface area contributed by atoms with Gasteiger partial charge in [0.25, 0.3) is 5.91 Å². The van der Waals surface area contributed by atoms with Gasteiger partial charge in [0.15, 0.2) is 26.4 Å². The molecule has 1 amide bonds. The van der Waals surface area contributed by atoms with Gasteiger partial charge in [-0.2, -0.15) is 0 Å². The zero-order valence-electron chi connectivity index (χ0n) is 14.4. The lowest BCUT2D eigenvalue weighted by atomic mass is 10.0. The number of fused-ring (bicyclic) bond motifs is 1. The summed E-state index contributed by atoms with van der Waals surface area (Å²) in [4.78, 5) is 12.2. The number of aliphatic hydroxyl groups is 1. The van der Waals surface area contributed by atoms with Crippen LogP contribution in [0, 0.1) is 0 Å². The number of nitrogens with two attached hydrogens (primary N) is 1. The van der Waals surface area contributed by atoms with Gasteiger partial charge in [-0.1, -0.05) is 20.8 Å². The monoisotopic (exact) mass is 332 g/mol. The molecule has 2 aliphatic rings. The zero-order chi connectivity index (χ0) is 17.1. The largest absolute Gasteiger partial charge is 0.406 e. The number of hydrogen-bond donors (Lipinski definition) is 2. The van der Waals surface area contributed by atoms with Crippen LogP contribution in [0.2, 0.25) is 18.1 Å². The maximum absolute atomic E-state index is 12.2. The third-order valence-corrected chi connectivity index (χ3v) is 9.24. The van der Waals surface area contributed by atoms with Gasteiger partial charge in [0.2, 0.25) is 0 Å². The summed E-state index contributed by atoms with van der Waals surface area (Å²) in [6.45, 7) is 13.9. The molecule has 4 atom stereocenters. The van der Waals surface area contributed by atoms with Crippen LogP contribution in [0.1, 0.15) is 34.6 Å². The van der Waals surface area contributed by atoms with E-state index in [1.54, 1.807) is 13.8 Å². The SMILES string of the molecule is CC1(C)O[C@@H]2[C@H](O[Si](C)(C)C(C)(C)C)[C@@H](O)N(N)C(=O)[C@@H]2O1. The summed E-state index contributed by atoms with van der Waals surface area (Å²) in [6.07, 6.45) is -3.49. The molecule has 22 heavy (non-hydrogen) atoms. The first-order chi connectivity index (χ1) is 9.77. The van der Waals surface area contributed by atoms with Gasteiger partial charge in [-0.15, -0.1) is 0 Å². The fourth-order valence-electron chi connectivity index (χ4n) is 2.47. The van der Waals surface area contributed by atoms with Crippen LogP contribution in [0.4, 0.5) is 0 Å². The minimum absolute atomic E-state index is 0.0436. The maximum atomic E-state index is 12.2. The Bertz CT molecular complexity index is 463. The predicted octanol–water partition coefficient (Wildman–Crippen LogP) is 0.931. The summed E-state index contributed by atoms with van der Waals surface area (Å²) in [6, 6.07) is 0. The van der Waals surface area contributed by atoms with E-state index < -0.39 is 44.6 Å². The molecule has 0 spiro atoms. The second kappa shape index (κ2) is 5.25. The third-order valence-electron chi connectivity index (χ3n) is 4.77. The summed E-state index contributed by atoms with van der Waals surface area (Å²) >= 11 is 0. The Kier molecular flexibility index (Phi) is 4.26. The van der Waals surface area contributed by atoms with E-state index in [4.69, 9.17) is 19.7 Å². The van der Waals surface area contributed by atoms with Crippen LogP contribution in [0.3, 0.4) is 0 Å². The van der Waals surface area contributed by atoms with Crippen molar-refractivity contribution in [1.29, 1.82) is 0 Å². The second-order valence-corrected chi connectivity index (χ2v) is 12.8. The van der Waals surface area contributed by atoms with Crippen molar-refractivity contribution in [2.75, 3.05) is 0 Å². The van der Waals surface area contributed by atoms with Gasteiger partial charge in [0, 0.05) is 0 Å². The number of rotatable bonds is 2. The topological polar surface area (TPSA) is 94.3 Å². The van der Waals surface area contributed by atoms with Gasteiger partial charge in [-0.3, -0.25) is 4.79 Å². The lowest BCUT2D eigenvalue weighted by Gasteiger charge is -2.46. The van der Waals surface area contributed by atoms with Crippen molar-refractivity contribution in [3.8, 4) is 0 Å². The molecular formula is C14H28N2O5Si. The van der Waals surface area contributed by atoms with E-state index in [1.165, 1.54) is 0 Å². The van der Waals surface area contributed by atoms with Gasteiger partial charge in [0.1, 0.15) is 12.2 Å². The van der Waals surface area contributed by atoms with Gasteiger partial charge < -0.3 is 19.0 Å². The molecule has 0 radical (unpaired) electrons. The van der Waals surface area contributed by atoms with Gasteiger partial charge in [0.05, 0.1) is 0 Å². The van der Waals surface area contributed by atoms with Crippen LogP contribution < -0.4 is 5.84 Å². The first-order valence-corrected chi connectivity index (χ1v) is 10.5. The van der Waals surface area contributed by atoms with E-state index in [-0.39, 0.29) is 5.04 Å². The molecular weight excluding hydrogens is 304 g/mol. The summed E-state index contributed by atoms with van der Waals surface area (Å²) in [5.41, 5.74) is 0. The number of hydrazine groups is 1. The summed E-state index contributed by atoms with van der Waals surface area (Å²) in [7, 11) is -2.18. The van der Waals surface area contributed by atoms with Crippen molar-refractivity contribution < 1.29 is 23.8 Å². The van der Waals surface area contributed by atoms with Crippen LogP contribution in [0.25, 0.3) is 0 Å². The lowest BCUT2D eigenvalue weighted by Crippen LogP contribution is -2.68. The zero-order valence-corrected chi connectivity index (χ0v) is 15.4. The van der Waals surface area contributed by atoms with Gasteiger partial charge in [-0.25, -0.2) is 10.9 Å². The fourth-order valence-corrected chi connectivity index (χ4v) is 3.76. The molecule has 0 saturated carbocycles. The molecule has 128 valence electrons. The quantitative estimate of drug-likeness (QED) is 0.444. The Balaban J connectivity index is 2.31. The van der Waals surface area contributed by atoms with Crippen LogP contribution >= 0.6 is 0 Å². The minimum Gasteiger partial charge on any atom is -0.406 e. The molecule has 3 N–H and O–H groups in total. The highest BCUT2D eigenvalue weighted by atomic mass is 28.4. The first kappa shape index (κ1) is 17.8. The van der Waals surface area contributed by atoms with E-state index in [0.29, 0.717) is 0 Å². The molecule has 0 aromatic carbocycles. The van der Waals surface area contributed by atoms with E-state index >= 15 is 0 Å². The van der Waals surface area contributed by atoms with Crippen LogP contribution in [-0.2, 0) is 18.7 Å². The van der Waals surface area contributed by atoms with Crippen LogP contribution in [0.15, 0.2) is 0 Å². The molecule has 2 fully saturated rings. The summed E-state index contributed by atoms with van der Waals surface area (Å²) in [5.74, 6) is 4.32. The Morgan fingerprint density at radius 1 is 1.32 bits per heavy atom. The van der Waals surface area contributed by atoms with Crippen LogP contribution in [-0.4, -0.2) is 54.7 Å². The Morgan fingerprint density at radius 2 is 1.86 bits per heavy atom. The second-order valence-electron chi connectivity index (χ2n) is 8.02. The Morgan fingerprint density at radius 3 is 2.36 bits per heavy atom. The summed E-state index contributed by atoms with van der Waals surface area (Å²) in [5, 5.41) is 11.1. The number of aliphatic hydroxyl groups excluding tert-OH is 1. The molecule has 8 heteroatoms. The highest BCUT2D eigenvalue weighted by molar-refractivity contribution is 6.74. The molecule has 2 saturated heterocycles. The number of nitrogens with zero attached hydrogens (tertiary/aromatic N) is 1. The molecule has 2 heterocycles. The average molecular weight is 332 g/mol. The van der Waals surface area contributed by atoms with Crippen LogP contribution in [0.5, 0.6) is 0 Å². The normalized spacial score (nSPS) is 35.7. The predicted molar refractivity (Wildman–Crippen MR) is 82.9 cm³/mol. The van der Waals surface area contributed by atoms with Crippen molar-refractivity contribution in [2.24, 2.45) is 5.84 Å². The Hall–Kier alpha value is -0.513. The molecule has 0 aliphatic carbocycles. The van der Waals surface area contributed by atoms with Crippen molar-refractivity contribution in [1.82, 2.24) is 5.01 Å². The third kappa shape index (κ3) is 2.95. The van der Waals surface area contributed by atoms with E-state index in [0.717, 1.165) is 5.01 Å². The molecule has 0 bridgehead atoms. The molecule has 0 unspecified atom stereocenters. The lowest BCUT2D eigenvalue weighted by molar-refractivity contribution is -0.185. The number of carbonyl (C=O) groups excluding carboxylic acids is 1. The van der Waals surface area contributed by atoms with Crippen molar-refractivity contribution in [3.63, 3.8) is 0 Å². The highest BCUT2D eigenvalue weighted by Crippen LogP contribution is 2.42. The molecule has 2 aliphatic heterocycles. The maximum Gasteiger partial charge on any atom is 0.270 e. The fraction of sp³-hybridized carbons (Fsp3) is 0.929. The minimum atomic E-state index is -2.18. The highest BCUT2D eigenvalue weighted by Gasteiger charge is 2.58. The molecule has 0 aromatic rings. The van der Waals surface area contributed by atoms with Crippen molar-refractivity contribution >= 4 is 14.2 Å². The van der Waals surface area contributed by atoms with E-state index in [1.807, 2.05) is 0 Å². The number of amides is 1. The van der Waals surface area contributed by atoms with Crippen molar-refractivity contribution in [3.05, 3.63) is 0 Å². The van der Waals surface area contributed by atoms with E-state index in [2.05, 4.69) is 33.9 Å². The smallest absolute Gasteiger partial charge is 0.270 e. The standard InChI is InChI=1S/C14H28N2O5Si/c1-13(2,3)22(6,7)21-10-8-9(20-14(4,5)19-8)11(17)16(15)12(10)18/h8-10,12,18H,15H2,1-7H3/t8-,9+,10-,12+/m0/s1. The molecule has 0 aromatic heterocycles.